The molecule has 7 heteroatoms. The lowest BCUT2D eigenvalue weighted by molar-refractivity contribution is -0.144. The first-order chi connectivity index (χ1) is 10.7. The molecule has 1 aromatic rings. The molecule has 0 spiro atoms. The Morgan fingerprint density at radius 2 is 2.09 bits per heavy atom. The maximum absolute atomic E-state index is 12.6. The van der Waals surface area contributed by atoms with E-state index in [1.807, 2.05) is 6.26 Å². The summed E-state index contributed by atoms with van der Waals surface area (Å²) in [7, 11) is 0. The van der Waals surface area contributed by atoms with Crippen LogP contribution in [0.3, 0.4) is 0 Å². The molecule has 2 rings (SSSR count). The summed E-state index contributed by atoms with van der Waals surface area (Å²) in [6, 6.07) is -0.0967. The first-order valence-corrected chi connectivity index (χ1v) is 8.70. The van der Waals surface area contributed by atoms with E-state index in [0.29, 0.717) is 23.9 Å². The first-order valence-electron chi connectivity index (χ1n) is 7.48. The molecule has 1 aliphatic rings. The number of ether oxygens (including phenoxy) is 1. The number of thioether (sulfide) groups is 1. The highest BCUT2D eigenvalue weighted by molar-refractivity contribution is 7.98. The molecule has 1 fully saturated rings. The van der Waals surface area contributed by atoms with Crippen molar-refractivity contribution in [3.8, 4) is 0 Å². The largest absolute Gasteiger partial charge is 0.466 e. The van der Waals surface area contributed by atoms with Crippen LogP contribution >= 0.6 is 11.8 Å². The van der Waals surface area contributed by atoms with Crippen LogP contribution in [0.2, 0.25) is 0 Å². The molecule has 1 aliphatic heterocycles. The maximum atomic E-state index is 12.6. The molecule has 0 aromatic carbocycles. The molecule has 6 nitrogen and oxygen atoms in total. The van der Waals surface area contributed by atoms with Crippen molar-refractivity contribution in [1.82, 2.24) is 14.9 Å². The highest BCUT2D eigenvalue weighted by atomic mass is 32.2. The number of aromatic nitrogens is 2. The van der Waals surface area contributed by atoms with Crippen LogP contribution in [0, 0.1) is 0 Å². The van der Waals surface area contributed by atoms with Crippen LogP contribution in [0.4, 0.5) is 0 Å². The van der Waals surface area contributed by atoms with Crippen molar-refractivity contribution in [1.29, 1.82) is 0 Å². The topological polar surface area (TPSA) is 72.4 Å². The van der Waals surface area contributed by atoms with Crippen molar-refractivity contribution in [3.05, 3.63) is 18.0 Å². The standard InChI is InChI=1S/C15H21N3O3S/c1-3-21-13(19)8-12-6-4-5-7-18(12)14(20)11-9-16-15(22-2)17-10-11/h9-10,12H,3-8H2,1-2H3/t12-/m0/s1. The van der Waals surface area contributed by atoms with E-state index in [2.05, 4.69) is 9.97 Å². The van der Waals surface area contributed by atoms with Gasteiger partial charge in [-0.3, -0.25) is 9.59 Å². The van der Waals surface area contributed by atoms with Gasteiger partial charge in [0, 0.05) is 25.0 Å². The molecule has 0 radical (unpaired) electrons. The molecule has 22 heavy (non-hydrogen) atoms. The summed E-state index contributed by atoms with van der Waals surface area (Å²) in [5.41, 5.74) is 0.466. The third-order valence-corrected chi connectivity index (χ3v) is 4.23. The zero-order valence-corrected chi connectivity index (χ0v) is 13.8. The van der Waals surface area contributed by atoms with Gasteiger partial charge >= 0.3 is 5.97 Å². The lowest BCUT2D eigenvalue weighted by atomic mass is 9.98. The molecule has 1 amide bonds. The van der Waals surface area contributed by atoms with E-state index in [0.717, 1.165) is 19.3 Å². The van der Waals surface area contributed by atoms with Gasteiger partial charge in [0.2, 0.25) is 0 Å². The quantitative estimate of drug-likeness (QED) is 0.470. The molecule has 1 atom stereocenters. The number of nitrogens with zero attached hydrogens (tertiary/aromatic N) is 3. The predicted molar refractivity (Wildman–Crippen MR) is 83.7 cm³/mol. The number of esters is 1. The van der Waals surface area contributed by atoms with Gasteiger partial charge < -0.3 is 9.64 Å². The number of hydrogen-bond acceptors (Lipinski definition) is 6. The average Bonchev–Trinajstić information content (AvgIpc) is 2.55. The summed E-state index contributed by atoms with van der Waals surface area (Å²) in [6.45, 7) is 2.81. The smallest absolute Gasteiger partial charge is 0.307 e. The number of rotatable bonds is 5. The third kappa shape index (κ3) is 4.19. The molecule has 2 heterocycles. The normalized spacial score (nSPS) is 18.1. The third-order valence-electron chi connectivity index (χ3n) is 3.65. The number of carbonyl (C=O) groups is 2. The van der Waals surface area contributed by atoms with E-state index in [9.17, 15) is 9.59 Å². The Labute approximate surface area is 134 Å². The minimum absolute atomic E-state index is 0.0967. The minimum Gasteiger partial charge on any atom is -0.466 e. The Hall–Kier alpha value is -1.63. The summed E-state index contributed by atoms with van der Waals surface area (Å²) in [5.74, 6) is -0.358. The fraction of sp³-hybridized carbons (Fsp3) is 0.600. The van der Waals surface area contributed by atoms with Crippen LogP contribution in [-0.2, 0) is 9.53 Å². The van der Waals surface area contributed by atoms with Crippen molar-refractivity contribution in [2.45, 2.75) is 43.8 Å². The molecule has 1 saturated heterocycles. The van der Waals surface area contributed by atoms with Gasteiger partial charge in [0.25, 0.3) is 5.91 Å². The fourth-order valence-electron chi connectivity index (χ4n) is 2.59. The number of hydrogen-bond donors (Lipinski definition) is 0. The summed E-state index contributed by atoms with van der Waals surface area (Å²) < 4.78 is 5.00. The van der Waals surface area contributed by atoms with E-state index in [-0.39, 0.29) is 24.3 Å². The van der Waals surface area contributed by atoms with E-state index in [4.69, 9.17) is 4.74 Å². The second kappa shape index (κ2) is 8.12. The number of piperidine rings is 1. The lowest BCUT2D eigenvalue weighted by Gasteiger charge is -2.35. The number of amides is 1. The molecular formula is C15H21N3O3S. The maximum Gasteiger partial charge on any atom is 0.307 e. The van der Waals surface area contributed by atoms with Crippen molar-refractivity contribution in [2.75, 3.05) is 19.4 Å². The van der Waals surface area contributed by atoms with Crippen molar-refractivity contribution >= 4 is 23.6 Å². The molecule has 0 N–H and O–H groups in total. The Balaban J connectivity index is 2.08. The highest BCUT2D eigenvalue weighted by Gasteiger charge is 2.29. The van der Waals surface area contributed by atoms with E-state index in [1.54, 1.807) is 24.2 Å². The number of likely N-dealkylation sites (tertiary alicyclic amines) is 1. The first kappa shape index (κ1) is 16.7. The van der Waals surface area contributed by atoms with Crippen LogP contribution in [0.15, 0.2) is 17.6 Å². The molecule has 0 unspecified atom stereocenters. The van der Waals surface area contributed by atoms with E-state index < -0.39 is 0 Å². The van der Waals surface area contributed by atoms with Gasteiger partial charge in [-0.2, -0.15) is 0 Å². The summed E-state index contributed by atoms with van der Waals surface area (Å²) >= 11 is 1.43. The van der Waals surface area contributed by atoms with Gasteiger partial charge in [0.15, 0.2) is 5.16 Å². The Bertz CT molecular complexity index is 521. The zero-order valence-electron chi connectivity index (χ0n) is 12.9. The van der Waals surface area contributed by atoms with Gasteiger partial charge in [0.05, 0.1) is 18.6 Å². The second-order valence-corrected chi connectivity index (χ2v) is 5.89. The van der Waals surface area contributed by atoms with Gasteiger partial charge in [-0.05, 0) is 32.4 Å². The lowest BCUT2D eigenvalue weighted by Crippen LogP contribution is -2.45. The molecule has 1 aromatic heterocycles. The number of carbonyl (C=O) groups excluding carboxylic acids is 2. The molecule has 0 saturated carbocycles. The molecular weight excluding hydrogens is 302 g/mol. The highest BCUT2D eigenvalue weighted by Crippen LogP contribution is 2.22. The van der Waals surface area contributed by atoms with Crippen LogP contribution in [0.1, 0.15) is 43.0 Å². The van der Waals surface area contributed by atoms with E-state index in [1.165, 1.54) is 11.8 Å². The monoisotopic (exact) mass is 323 g/mol. The second-order valence-electron chi connectivity index (χ2n) is 5.12. The molecule has 0 bridgehead atoms. The molecule has 0 aliphatic carbocycles. The molecule has 120 valence electrons. The fourth-order valence-corrected chi connectivity index (χ4v) is 2.91. The van der Waals surface area contributed by atoms with Crippen LogP contribution < -0.4 is 0 Å². The van der Waals surface area contributed by atoms with Gasteiger partial charge in [-0.15, -0.1) is 0 Å². The summed E-state index contributed by atoms with van der Waals surface area (Å²) in [5, 5.41) is 0.637. The van der Waals surface area contributed by atoms with Crippen molar-refractivity contribution < 1.29 is 14.3 Å². The Morgan fingerprint density at radius 1 is 1.36 bits per heavy atom. The van der Waals surface area contributed by atoms with Crippen molar-refractivity contribution in [3.63, 3.8) is 0 Å². The van der Waals surface area contributed by atoms with Gasteiger partial charge in [0.1, 0.15) is 0 Å². The van der Waals surface area contributed by atoms with Gasteiger partial charge in [-0.1, -0.05) is 11.8 Å². The summed E-state index contributed by atoms with van der Waals surface area (Å²) in [4.78, 5) is 34.4. The predicted octanol–water partition coefficient (Wildman–Crippen LogP) is 2.15. The SMILES string of the molecule is CCOC(=O)C[C@@H]1CCCCN1C(=O)c1cnc(SC)nc1. The van der Waals surface area contributed by atoms with Crippen LogP contribution in [-0.4, -0.2) is 52.2 Å². The Morgan fingerprint density at radius 3 is 2.73 bits per heavy atom. The van der Waals surface area contributed by atoms with Crippen LogP contribution in [0.5, 0.6) is 0 Å². The van der Waals surface area contributed by atoms with E-state index >= 15 is 0 Å². The zero-order chi connectivity index (χ0) is 15.9. The van der Waals surface area contributed by atoms with Crippen molar-refractivity contribution in [2.24, 2.45) is 0 Å². The average molecular weight is 323 g/mol. The Kier molecular flexibility index (Phi) is 6.18. The van der Waals surface area contributed by atoms with Gasteiger partial charge in [-0.25, -0.2) is 9.97 Å². The van der Waals surface area contributed by atoms with Crippen LogP contribution in [0.25, 0.3) is 0 Å². The summed E-state index contributed by atoms with van der Waals surface area (Å²) in [6.07, 6.45) is 8.05. The minimum atomic E-state index is -0.249.